The number of rotatable bonds is 7. The van der Waals surface area contributed by atoms with E-state index in [1.54, 1.807) is 13.0 Å². The second-order valence-corrected chi connectivity index (χ2v) is 6.82. The largest absolute Gasteiger partial charge is 0.387 e. The van der Waals surface area contributed by atoms with Crippen molar-refractivity contribution in [2.75, 3.05) is 39.4 Å². The predicted octanol–water partition coefficient (Wildman–Crippen LogP) is 1.52. The van der Waals surface area contributed by atoms with Crippen LogP contribution in [0.3, 0.4) is 0 Å². The molecule has 1 amide bonds. The minimum Gasteiger partial charge on any atom is -0.387 e. The number of hydrogen-bond acceptors (Lipinski definition) is 4. The Morgan fingerprint density at radius 3 is 2.83 bits per heavy atom. The summed E-state index contributed by atoms with van der Waals surface area (Å²) in [5.74, 6) is -0.521. The highest BCUT2D eigenvalue weighted by molar-refractivity contribution is 5.76. The first-order valence-corrected chi connectivity index (χ1v) is 8.40. The summed E-state index contributed by atoms with van der Waals surface area (Å²) >= 11 is 0. The van der Waals surface area contributed by atoms with Gasteiger partial charge in [-0.25, -0.2) is 4.39 Å². The molecular formula is C18H27FN2O3. The van der Waals surface area contributed by atoms with Crippen LogP contribution in [0.2, 0.25) is 0 Å². The van der Waals surface area contributed by atoms with Gasteiger partial charge in [0.2, 0.25) is 5.91 Å². The number of β-amino-alcohol motifs (C(OH)–C–C–N with tert-alkyl or cyclic N) is 1. The molecule has 2 unspecified atom stereocenters. The highest BCUT2D eigenvalue weighted by Gasteiger charge is 2.26. The normalized spacial score (nSPS) is 19.5. The minimum absolute atomic E-state index is 0.0788. The lowest BCUT2D eigenvalue weighted by atomic mass is 9.97. The number of nitrogens with zero attached hydrogens (tertiary/aromatic N) is 1. The summed E-state index contributed by atoms with van der Waals surface area (Å²) in [6.45, 7) is 7.23. The molecule has 5 nitrogen and oxygen atoms in total. The number of aliphatic hydroxyl groups is 1. The number of halogens is 1. The quantitative estimate of drug-likeness (QED) is 0.791. The molecule has 1 aliphatic rings. The zero-order chi connectivity index (χ0) is 17.6. The minimum atomic E-state index is -0.991. The second kappa shape index (κ2) is 8.55. The van der Waals surface area contributed by atoms with Crippen LogP contribution in [0.4, 0.5) is 4.39 Å². The van der Waals surface area contributed by atoms with E-state index < -0.39 is 5.60 Å². The fourth-order valence-corrected chi connectivity index (χ4v) is 2.87. The molecule has 1 saturated heterocycles. The van der Waals surface area contributed by atoms with E-state index in [0.717, 1.165) is 18.7 Å². The van der Waals surface area contributed by atoms with Crippen LogP contribution in [0.25, 0.3) is 0 Å². The maximum atomic E-state index is 13.2. The molecule has 6 heteroatoms. The fourth-order valence-electron chi connectivity index (χ4n) is 2.87. The lowest BCUT2D eigenvalue weighted by Gasteiger charge is -2.34. The van der Waals surface area contributed by atoms with Gasteiger partial charge in [-0.3, -0.25) is 9.69 Å². The Labute approximate surface area is 142 Å². The number of benzene rings is 1. The number of carbonyl (C=O) groups is 1. The van der Waals surface area contributed by atoms with Crippen molar-refractivity contribution in [2.45, 2.75) is 31.8 Å². The van der Waals surface area contributed by atoms with Gasteiger partial charge in [0.05, 0.1) is 18.8 Å². The Kier molecular flexibility index (Phi) is 6.71. The van der Waals surface area contributed by atoms with Crippen molar-refractivity contribution >= 4 is 5.91 Å². The van der Waals surface area contributed by atoms with Gasteiger partial charge in [0.1, 0.15) is 5.82 Å². The van der Waals surface area contributed by atoms with Crippen molar-refractivity contribution in [1.82, 2.24) is 10.2 Å². The summed E-state index contributed by atoms with van der Waals surface area (Å²) in [6, 6.07) is 6.30. The van der Waals surface area contributed by atoms with Crippen molar-refractivity contribution in [3.63, 3.8) is 0 Å². The summed E-state index contributed by atoms with van der Waals surface area (Å²) in [4.78, 5) is 14.2. The highest BCUT2D eigenvalue weighted by atomic mass is 19.1. The molecule has 1 aromatic rings. The summed E-state index contributed by atoms with van der Waals surface area (Å²) in [5, 5.41) is 13.2. The van der Waals surface area contributed by atoms with Gasteiger partial charge in [0.25, 0.3) is 0 Å². The van der Waals surface area contributed by atoms with Gasteiger partial charge in [0.15, 0.2) is 0 Å². The molecule has 24 heavy (non-hydrogen) atoms. The summed E-state index contributed by atoms with van der Waals surface area (Å²) < 4.78 is 18.5. The van der Waals surface area contributed by atoms with Crippen LogP contribution in [-0.4, -0.2) is 60.9 Å². The van der Waals surface area contributed by atoms with Gasteiger partial charge in [0, 0.05) is 32.6 Å². The molecule has 1 aliphatic heterocycles. The van der Waals surface area contributed by atoms with Gasteiger partial charge >= 0.3 is 0 Å². The highest BCUT2D eigenvalue weighted by Crippen LogP contribution is 2.19. The van der Waals surface area contributed by atoms with E-state index in [4.69, 9.17) is 4.74 Å². The Hall–Kier alpha value is -1.50. The fraction of sp³-hybridized carbons (Fsp3) is 0.611. The van der Waals surface area contributed by atoms with Crippen LogP contribution in [0.1, 0.15) is 31.7 Å². The Morgan fingerprint density at radius 1 is 1.46 bits per heavy atom. The molecule has 1 aromatic carbocycles. The topological polar surface area (TPSA) is 61.8 Å². The lowest BCUT2D eigenvalue weighted by molar-refractivity contribution is -0.122. The van der Waals surface area contributed by atoms with Gasteiger partial charge in [-0.1, -0.05) is 19.1 Å². The molecule has 0 aromatic heterocycles. The number of morpholine rings is 1. The van der Waals surface area contributed by atoms with E-state index in [-0.39, 0.29) is 30.6 Å². The molecule has 0 bridgehead atoms. The molecule has 0 saturated carbocycles. The molecular weight excluding hydrogens is 311 g/mol. The second-order valence-electron chi connectivity index (χ2n) is 6.82. The third-order valence-corrected chi connectivity index (χ3v) is 4.24. The van der Waals surface area contributed by atoms with Gasteiger partial charge in [-0.05, 0) is 30.5 Å². The molecule has 0 aliphatic carbocycles. The number of nitrogens with one attached hydrogen (secondary N) is 1. The van der Waals surface area contributed by atoms with Crippen LogP contribution in [0.5, 0.6) is 0 Å². The Morgan fingerprint density at radius 2 is 2.17 bits per heavy atom. The van der Waals surface area contributed by atoms with Crippen LogP contribution < -0.4 is 5.32 Å². The molecule has 0 spiro atoms. The van der Waals surface area contributed by atoms with Crippen LogP contribution in [0, 0.1) is 5.82 Å². The van der Waals surface area contributed by atoms with Crippen molar-refractivity contribution in [3.8, 4) is 0 Å². The van der Waals surface area contributed by atoms with E-state index in [1.165, 1.54) is 12.1 Å². The Balaban J connectivity index is 1.77. The summed E-state index contributed by atoms with van der Waals surface area (Å²) in [5.41, 5.74) is -0.194. The van der Waals surface area contributed by atoms with E-state index >= 15 is 0 Å². The molecule has 134 valence electrons. The van der Waals surface area contributed by atoms with Crippen LogP contribution >= 0.6 is 0 Å². The smallest absolute Gasteiger partial charge is 0.220 e. The maximum Gasteiger partial charge on any atom is 0.220 e. The van der Waals surface area contributed by atoms with Crippen molar-refractivity contribution in [1.29, 1.82) is 0 Å². The van der Waals surface area contributed by atoms with Crippen molar-refractivity contribution in [3.05, 3.63) is 35.6 Å². The average Bonchev–Trinajstić information content (AvgIpc) is 2.53. The molecule has 2 atom stereocenters. The number of ether oxygens (including phenoxy) is 1. The zero-order valence-electron chi connectivity index (χ0n) is 14.4. The number of hydrogen-bond donors (Lipinski definition) is 2. The Bertz CT molecular complexity index is 545. The molecule has 1 fully saturated rings. The predicted molar refractivity (Wildman–Crippen MR) is 90.3 cm³/mol. The van der Waals surface area contributed by atoms with E-state index in [1.807, 2.05) is 13.0 Å². The van der Waals surface area contributed by atoms with E-state index in [0.29, 0.717) is 19.8 Å². The molecule has 2 rings (SSSR count). The first-order chi connectivity index (χ1) is 11.4. The molecule has 0 radical (unpaired) electrons. The zero-order valence-corrected chi connectivity index (χ0v) is 14.4. The number of carbonyl (C=O) groups excluding carboxylic acids is 1. The average molecular weight is 338 g/mol. The van der Waals surface area contributed by atoms with E-state index in [2.05, 4.69) is 10.2 Å². The third-order valence-electron chi connectivity index (χ3n) is 4.24. The first-order valence-electron chi connectivity index (χ1n) is 8.40. The van der Waals surface area contributed by atoms with Crippen molar-refractivity contribution < 1.29 is 19.0 Å². The van der Waals surface area contributed by atoms with Gasteiger partial charge < -0.3 is 15.2 Å². The number of amides is 1. The standard InChI is InChI=1S/C18H27FN2O3/c1-14(15-4-3-5-16(19)11-15)10-17(22)20-12-18(2,23)13-21-6-8-24-9-7-21/h3-5,11,14,23H,6-10,12-13H2,1-2H3,(H,20,22). The monoisotopic (exact) mass is 338 g/mol. The SMILES string of the molecule is CC(CC(=O)NCC(C)(O)CN1CCOCC1)c1cccc(F)c1. The maximum absolute atomic E-state index is 13.2. The van der Waals surface area contributed by atoms with E-state index in [9.17, 15) is 14.3 Å². The molecule has 1 heterocycles. The lowest BCUT2D eigenvalue weighted by Crippen LogP contribution is -2.51. The summed E-state index contributed by atoms with van der Waals surface area (Å²) in [7, 11) is 0. The third kappa shape index (κ3) is 6.19. The first kappa shape index (κ1) is 18.8. The van der Waals surface area contributed by atoms with Crippen LogP contribution in [-0.2, 0) is 9.53 Å². The molecule has 2 N–H and O–H groups in total. The van der Waals surface area contributed by atoms with Crippen LogP contribution in [0.15, 0.2) is 24.3 Å². The van der Waals surface area contributed by atoms with Gasteiger partial charge in [-0.2, -0.15) is 0 Å². The summed E-state index contributed by atoms with van der Waals surface area (Å²) in [6.07, 6.45) is 0.261. The van der Waals surface area contributed by atoms with Gasteiger partial charge in [-0.15, -0.1) is 0 Å². The van der Waals surface area contributed by atoms with Crippen molar-refractivity contribution in [2.24, 2.45) is 0 Å².